The molecule has 1 aromatic heterocycles. The lowest BCUT2D eigenvalue weighted by Gasteiger charge is -2.20. The molecule has 1 fully saturated rings. The van der Waals surface area contributed by atoms with Crippen molar-refractivity contribution in [2.45, 2.75) is 45.7 Å². The van der Waals surface area contributed by atoms with E-state index in [0.29, 0.717) is 6.04 Å². The van der Waals surface area contributed by atoms with Crippen LogP contribution < -0.4 is 5.32 Å². The first-order valence-electron chi connectivity index (χ1n) is 6.58. The number of aromatic nitrogens is 2. The highest BCUT2D eigenvalue weighted by Crippen LogP contribution is 2.18. The van der Waals surface area contributed by atoms with Crippen LogP contribution in [0, 0.1) is 0 Å². The van der Waals surface area contributed by atoms with Crippen molar-refractivity contribution in [1.82, 2.24) is 14.9 Å². The number of nitrogens with one attached hydrogen (secondary N) is 1. The summed E-state index contributed by atoms with van der Waals surface area (Å²) in [7, 11) is 0. The number of rotatable bonds is 5. The van der Waals surface area contributed by atoms with Gasteiger partial charge < -0.3 is 5.32 Å². The van der Waals surface area contributed by atoms with E-state index in [1.165, 1.54) is 19.4 Å². The Balaban J connectivity index is 1.89. The van der Waals surface area contributed by atoms with Gasteiger partial charge in [0, 0.05) is 19.1 Å². The molecule has 0 aromatic carbocycles. The summed E-state index contributed by atoms with van der Waals surface area (Å²) in [5, 5.41) is 3.24. The van der Waals surface area contributed by atoms with E-state index in [9.17, 15) is 0 Å². The Morgan fingerprint density at radius 1 is 1.41 bits per heavy atom. The van der Waals surface area contributed by atoms with Gasteiger partial charge in [-0.2, -0.15) is 0 Å². The predicted molar refractivity (Wildman–Crippen MR) is 69.9 cm³/mol. The lowest BCUT2D eigenvalue weighted by atomic mass is 10.2. The molecule has 1 N–H and O–H groups in total. The van der Waals surface area contributed by atoms with E-state index in [1.807, 2.05) is 12.4 Å². The van der Waals surface area contributed by atoms with Gasteiger partial charge in [-0.25, -0.2) is 4.98 Å². The zero-order chi connectivity index (χ0) is 12.1. The zero-order valence-corrected chi connectivity index (χ0v) is 10.8. The van der Waals surface area contributed by atoms with Crippen molar-refractivity contribution < 1.29 is 0 Å². The average Bonchev–Trinajstić information content (AvgIpc) is 2.74. The topological polar surface area (TPSA) is 41.1 Å². The Morgan fingerprint density at radius 3 is 2.88 bits per heavy atom. The molecule has 0 bridgehead atoms. The van der Waals surface area contributed by atoms with Crippen molar-refractivity contribution in [3.8, 4) is 0 Å². The SMILES string of the molecule is CCCNc1cnc(CN2CCCC2C)cn1. The second kappa shape index (κ2) is 5.96. The van der Waals surface area contributed by atoms with Crippen LogP contribution in [-0.4, -0.2) is 34.0 Å². The van der Waals surface area contributed by atoms with Gasteiger partial charge in [-0.15, -0.1) is 0 Å². The Kier molecular flexibility index (Phi) is 4.31. The second-order valence-electron chi connectivity index (χ2n) is 4.78. The van der Waals surface area contributed by atoms with Gasteiger partial charge in [-0.1, -0.05) is 6.92 Å². The van der Waals surface area contributed by atoms with E-state index in [1.54, 1.807) is 0 Å². The lowest BCUT2D eigenvalue weighted by Crippen LogP contribution is -2.26. The van der Waals surface area contributed by atoms with E-state index in [4.69, 9.17) is 0 Å². The summed E-state index contributed by atoms with van der Waals surface area (Å²) < 4.78 is 0. The summed E-state index contributed by atoms with van der Waals surface area (Å²) in [6, 6.07) is 0.690. The first-order valence-corrected chi connectivity index (χ1v) is 6.58. The number of likely N-dealkylation sites (tertiary alicyclic amines) is 1. The Hall–Kier alpha value is -1.16. The van der Waals surface area contributed by atoms with Gasteiger partial charge in [0.2, 0.25) is 0 Å². The maximum absolute atomic E-state index is 4.46. The molecule has 1 saturated heterocycles. The van der Waals surface area contributed by atoms with Crippen molar-refractivity contribution in [1.29, 1.82) is 0 Å². The van der Waals surface area contributed by atoms with E-state index in [-0.39, 0.29) is 0 Å². The standard InChI is InChI=1S/C13H22N4/c1-3-6-14-13-9-15-12(8-16-13)10-17-7-4-5-11(17)2/h8-9,11H,3-7,10H2,1-2H3,(H,14,16). The summed E-state index contributed by atoms with van der Waals surface area (Å²) in [5.41, 5.74) is 1.07. The number of hydrogen-bond acceptors (Lipinski definition) is 4. The molecular weight excluding hydrogens is 212 g/mol. The molecule has 2 rings (SSSR count). The Morgan fingerprint density at radius 2 is 2.29 bits per heavy atom. The molecule has 0 spiro atoms. The average molecular weight is 234 g/mol. The first kappa shape index (κ1) is 12.3. The van der Waals surface area contributed by atoms with Crippen LogP contribution in [-0.2, 0) is 6.54 Å². The van der Waals surface area contributed by atoms with Gasteiger partial charge in [0.05, 0.1) is 18.1 Å². The lowest BCUT2D eigenvalue weighted by molar-refractivity contribution is 0.257. The van der Waals surface area contributed by atoms with Gasteiger partial charge in [0.15, 0.2) is 0 Å². The molecule has 1 unspecified atom stereocenters. The molecule has 1 aliphatic rings. The van der Waals surface area contributed by atoms with Gasteiger partial charge in [0.25, 0.3) is 0 Å². The van der Waals surface area contributed by atoms with Crippen LogP contribution in [0.3, 0.4) is 0 Å². The zero-order valence-electron chi connectivity index (χ0n) is 10.8. The summed E-state index contributed by atoms with van der Waals surface area (Å²) in [5.74, 6) is 0.880. The number of hydrogen-bond donors (Lipinski definition) is 1. The largest absolute Gasteiger partial charge is 0.369 e. The number of nitrogens with zero attached hydrogens (tertiary/aromatic N) is 3. The Labute approximate surface area is 103 Å². The minimum Gasteiger partial charge on any atom is -0.369 e. The van der Waals surface area contributed by atoms with Crippen molar-refractivity contribution in [3.05, 3.63) is 18.1 Å². The van der Waals surface area contributed by atoms with Crippen LogP contribution >= 0.6 is 0 Å². The monoisotopic (exact) mass is 234 g/mol. The molecule has 2 heterocycles. The number of anilines is 1. The minimum absolute atomic E-state index is 0.690. The van der Waals surface area contributed by atoms with Crippen molar-refractivity contribution >= 4 is 5.82 Å². The summed E-state index contributed by atoms with van der Waals surface area (Å²) in [4.78, 5) is 11.3. The second-order valence-corrected chi connectivity index (χ2v) is 4.78. The molecule has 1 atom stereocenters. The van der Waals surface area contributed by atoms with Gasteiger partial charge >= 0.3 is 0 Å². The minimum atomic E-state index is 0.690. The third-order valence-corrected chi connectivity index (χ3v) is 3.32. The third-order valence-electron chi connectivity index (χ3n) is 3.32. The molecule has 0 radical (unpaired) electrons. The van der Waals surface area contributed by atoms with E-state index >= 15 is 0 Å². The molecule has 0 saturated carbocycles. The van der Waals surface area contributed by atoms with Crippen molar-refractivity contribution in [3.63, 3.8) is 0 Å². The highest BCUT2D eigenvalue weighted by molar-refractivity contribution is 5.30. The maximum atomic E-state index is 4.46. The van der Waals surface area contributed by atoms with Gasteiger partial charge in [-0.3, -0.25) is 9.88 Å². The van der Waals surface area contributed by atoms with Crippen LogP contribution in [0.4, 0.5) is 5.82 Å². The van der Waals surface area contributed by atoms with Crippen LogP contribution in [0.1, 0.15) is 38.8 Å². The maximum Gasteiger partial charge on any atom is 0.144 e. The van der Waals surface area contributed by atoms with Crippen molar-refractivity contribution in [2.75, 3.05) is 18.4 Å². The van der Waals surface area contributed by atoms with Crippen LogP contribution in [0.5, 0.6) is 0 Å². The predicted octanol–water partition coefficient (Wildman–Crippen LogP) is 2.28. The van der Waals surface area contributed by atoms with E-state index < -0.39 is 0 Å². The van der Waals surface area contributed by atoms with Gasteiger partial charge in [0.1, 0.15) is 5.82 Å². The molecule has 4 heteroatoms. The molecule has 94 valence electrons. The fourth-order valence-electron chi connectivity index (χ4n) is 2.22. The summed E-state index contributed by atoms with van der Waals surface area (Å²) in [6.07, 6.45) is 7.46. The highest BCUT2D eigenvalue weighted by Gasteiger charge is 2.20. The third kappa shape index (κ3) is 3.40. The van der Waals surface area contributed by atoms with Crippen LogP contribution in [0.15, 0.2) is 12.4 Å². The molecule has 1 aromatic rings. The molecule has 1 aliphatic heterocycles. The molecule has 17 heavy (non-hydrogen) atoms. The normalized spacial score (nSPS) is 20.7. The molecule has 0 aliphatic carbocycles. The summed E-state index contributed by atoms with van der Waals surface area (Å²) >= 11 is 0. The van der Waals surface area contributed by atoms with Crippen molar-refractivity contribution in [2.24, 2.45) is 0 Å². The fraction of sp³-hybridized carbons (Fsp3) is 0.692. The Bertz CT molecular complexity index is 336. The highest BCUT2D eigenvalue weighted by atomic mass is 15.2. The fourth-order valence-corrected chi connectivity index (χ4v) is 2.22. The quantitative estimate of drug-likeness (QED) is 0.848. The summed E-state index contributed by atoms with van der Waals surface area (Å²) in [6.45, 7) is 7.51. The van der Waals surface area contributed by atoms with Gasteiger partial charge in [-0.05, 0) is 32.7 Å². The van der Waals surface area contributed by atoms with Crippen LogP contribution in [0.25, 0.3) is 0 Å². The molecular formula is C13H22N4. The van der Waals surface area contributed by atoms with E-state index in [0.717, 1.165) is 31.0 Å². The smallest absolute Gasteiger partial charge is 0.144 e. The molecule has 4 nitrogen and oxygen atoms in total. The first-order chi connectivity index (χ1) is 8.29. The molecule has 0 amide bonds. The van der Waals surface area contributed by atoms with Crippen LogP contribution in [0.2, 0.25) is 0 Å². The van der Waals surface area contributed by atoms with E-state index in [2.05, 4.69) is 34.0 Å².